The highest BCUT2D eigenvalue weighted by Crippen LogP contribution is 2.23. The molecule has 0 spiro atoms. The number of benzene rings is 1. The van der Waals surface area contributed by atoms with Crippen molar-refractivity contribution in [1.82, 2.24) is 10.3 Å². The second-order valence-electron chi connectivity index (χ2n) is 4.78. The van der Waals surface area contributed by atoms with Gasteiger partial charge in [0.15, 0.2) is 0 Å². The molecule has 1 atom stereocenters. The predicted molar refractivity (Wildman–Crippen MR) is 82.7 cm³/mol. The molecule has 0 aliphatic carbocycles. The van der Waals surface area contributed by atoms with Gasteiger partial charge < -0.3 is 19.5 Å². The van der Waals surface area contributed by atoms with E-state index in [0.29, 0.717) is 13.2 Å². The number of nitrogens with one attached hydrogen (secondary N) is 1. The first-order valence-corrected chi connectivity index (χ1v) is 6.93. The van der Waals surface area contributed by atoms with Crippen molar-refractivity contribution in [3.05, 3.63) is 36.0 Å². The standard InChI is InChI=1S/C16H22N2O3/c1-19-11-14(20-2)10-17-9-13-8-7-12-5-4-6-15(21-3)16(12)18-13/h4-8,14,17H,9-11H2,1-3H3. The number of nitrogens with zero attached hydrogens (tertiary/aromatic N) is 1. The molecule has 0 amide bonds. The molecule has 5 nitrogen and oxygen atoms in total. The Bertz CT molecular complexity index is 574. The molecular formula is C16H22N2O3. The second-order valence-corrected chi connectivity index (χ2v) is 4.78. The topological polar surface area (TPSA) is 52.6 Å². The van der Waals surface area contributed by atoms with Crippen molar-refractivity contribution < 1.29 is 14.2 Å². The fourth-order valence-electron chi connectivity index (χ4n) is 2.18. The molecule has 1 heterocycles. The molecule has 0 radical (unpaired) electrons. The highest BCUT2D eigenvalue weighted by molar-refractivity contribution is 5.84. The van der Waals surface area contributed by atoms with Crippen LogP contribution in [0.3, 0.4) is 0 Å². The number of rotatable bonds is 8. The van der Waals surface area contributed by atoms with Crippen molar-refractivity contribution in [2.45, 2.75) is 12.6 Å². The average molecular weight is 290 g/mol. The van der Waals surface area contributed by atoms with Crippen molar-refractivity contribution in [2.75, 3.05) is 34.5 Å². The van der Waals surface area contributed by atoms with Crippen LogP contribution < -0.4 is 10.1 Å². The largest absolute Gasteiger partial charge is 0.494 e. The van der Waals surface area contributed by atoms with E-state index < -0.39 is 0 Å². The van der Waals surface area contributed by atoms with Crippen molar-refractivity contribution >= 4 is 10.9 Å². The lowest BCUT2D eigenvalue weighted by Crippen LogP contribution is -2.31. The molecule has 1 N–H and O–H groups in total. The van der Waals surface area contributed by atoms with E-state index in [4.69, 9.17) is 14.2 Å². The minimum atomic E-state index is 0.0463. The Morgan fingerprint density at radius 2 is 2.00 bits per heavy atom. The number of hydrogen-bond donors (Lipinski definition) is 1. The normalized spacial score (nSPS) is 12.5. The van der Waals surface area contributed by atoms with E-state index in [9.17, 15) is 0 Å². The Morgan fingerprint density at radius 1 is 1.14 bits per heavy atom. The zero-order chi connectivity index (χ0) is 15.1. The summed E-state index contributed by atoms with van der Waals surface area (Å²) in [5.74, 6) is 0.795. The molecule has 0 fully saturated rings. The minimum Gasteiger partial charge on any atom is -0.494 e. The van der Waals surface area contributed by atoms with Crippen LogP contribution in [-0.4, -0.2) is 45.6 Å². The first-order chi connectivity index (χ1) is 10.3. The monoisotopic (exact) mass is 290 g/mol. The van der Waals surface area contributed by atoms with Crippen LogP contribution in [0.1, 0.15) is 5.69 Å². The molecule has 0 saturated carbocycles. The molecular weight excluding hydrogens is 268 g/mol. The molecule has 1 unspecified atom stereocenters. The summed E-state index contributed by atoms with van der Waals surface area (Å²) in [7, 11) is 5.02. The summed E-state index contributed by atoms with van der Waals surface area (Å²) >= 11 is 0. The number of hydrogen-bond acceptors (Lipinski definition) is 5. The summed E-state index contributed by atoms with van der Waals surface area (Å²) in [6.07, 6.45) is 0.0463. The fourth-order valence-corrected chi connectivity index (χ4v) is 2.18. The van der Waals surface area contributed by atoms with Crippen LogP contribution in [0.2, 0.25) is 0 Å². The summed E-state index contributed by atoms with van der Waals surface area (Å²) in [6.45, 7) is 1.97. The third-order valence-corrected chi connectivity index (χ3v) is 3.32. The number of methoxy groups -OCH3 is 3. The van der Waals surface area contributed by atoms with Gasteiger partial charge in [0.25, 0.3) is 0 Å². The van der Waals surface area contributed by atoms with Gasteiger partial charge in [0.05, 0.1) is 25.5 Å². The van der Waals surface area contributed by atoms with E-state index in [-0.39, 0.29) is 6.10 Å². The first kappa shape index (κ1) is 15.7. The van der Waals surface area contributed by atoms with Gasteiger partial charge in [0.1, 0.15) is 11.3 Å². The summed E-state index contributed by atoms with van der Waals surface area (Å²) in [6, 6.07) is 10.0. The number of aromatic nitrogens is 1. The molecule has 1 aromatic carbocycles. The van der Waals surface area contributed by atoms with Crippen molar-refractivity contribution in [3.63, 3.8) is 0 Å². The van der Waals surface area contributed by atoms with Gasteiger partial charge in [-0.15, -0.1) is 0 Å². The Balaban J connectivity index is 2.02. The summed E-state index contributed by atoms with van der Waals surface area (Å²) in [5, 5.41) is 4.41. The Morgan fingerprint density at radius 3 is 2.71 bits per heavy atom. The van der Waals surface area contributed by atoms with Gasteiger partial charge in [0, 0.05) is 32.7 Å². The van der Waals surface area contributed by atoms with Crippen molar-refractivity contribution in [2.24, 2.45) is 0 Å². The molecule has 1 aromatic heterocycles. The molecule has 0 bridgehead atoms. The van der Waals surface area contributed by atoms with Crippen LogP contribution in [-0.2, 0) is 16.0 Å². The van der Waals surface area contributed by atoms with Gasteiger partial charge in [-0.25, -0.2) is 4.98 Å². The summed E-state index contributed by atoms with van der Waals surface area (Å²) < 4.78 is 15.8. The van der Waals surface area contributed by atoms with Gasteiger partial charge in [-0.3, -0.25) is 0 Å². The third kappa shape index (κ3) is 4.14. The SMILES string of the molecule is COCC(CNCc1ccc2cccc(OC)c2n1)OC. The lowest BCUT2D eigenvalue weighted by Gasteiger charge is -2.15. The lowest BCUT2D eigenvalue weighted by molar-refractivity contribution is 0.0287. The van der Waals surface area contributed by atoms with E-state index in [2.05, 4.69) is 16.4 Å². The quantitative estimate of drug-likeness (QED) is 0.806. The fraction of sp³-hybridized carbons (Fsp3) is 0.438. The molecule has 21 heavy (non-hydrogen) atoms. The van der Waals surface area contributed by atoms with Gasteiger partial charge in [-0.1, -0.05) is 18.2 Å². The summed E-state index contributed by atoms with van der Waals surface area (Å²) in [5.41, 5.74) is 1.86. The second kappa shape index (κ2) is 7.93. The van der Waals surface area contributed by atoms with Crippen LogP contribution in [0.5, 0.6) is 5.75 Å². The first-order valence-electron chi connectivity index (χ1n) is 6.93. The lowest BCUT2D eigenvalue weighted by atomic mass is 10.2. The smallest absolute Gasteiger partial charge is 0.145 e. The van der Waals surface area contributed by atoms with Crippen LogP contribution in [0, 0.1) is 0 Å². The van der Waals surface area contributed by atoms with Crippen LogP contribution in [0.15, 0.2) is 30.3 Å². The Labute approximate surface area is 125 Å². The van der Waals surface area contributed by atoms with Crippen LogP contribution in [0.4, 0.5) is 0 Å². The number of pyridine rings is 1. The van der Waals surface area contributed by atoms with E-state index in [1.807, 2.05) is 24.3 Å². The minimum absolute atomic E-state index is 0.0463. The third-order valence-electron chi connectivity index (χ3n) is 3.32. The maximum atomic E-state index is 5.36. The molecule has 0 aliphatic rings. The van der Waals surface area contributed by atoms with Crippen LogP contribution >= 0.6 is 0 Å². The molecule has 2 rings (SSSR count). The van der Waals surface area contributed by atoms with E-state index in [1.54, 1.807) is 21.3 Å². The summed E-state index contributed by atoms with van der Waals surface area (Å²) in [4.78, 5) is 4.66. The molecule has 5 heteroatoms. The van der Waals surface area contributed by atoms with Gasteiger partial charge in [-0.05, 0) is 12.1 Å². The zero-order valence-corrected chi connectivity index (χ0v) is 12.8. The van der Waals surface area contributed by atoms with Crippen LogP contribution in [0.25, 0.3) is 10.9 Å². The molecule has 114 valence electrons. The average Bonchev–Trinajstić information content (AvgIpc) is 2.53. The highest BCUT2D eigenvalue weighted by atomic mass is 16.5. The van der Waals surface area contributed by atoms with Gasteiger partial charge in [0.2, 0.25) is 0 Å². The van der Waals surface area contributed by atoms with Crippen molar-refractivity contribution in [3.8, 4) is 5.75 Å². The van der Waals surface area contributed by atoms with Gasteiger partial charge >= 0.3 is 0 Å². The van der Waals surface area contributed by atoms with E-state index in [0.717, 1.165) is 28.9 Å². The number of para-hydroxylation sites is 1. The van der Waals surface area contributed by atoms with E-state index >= 15 is 0 Å². The Hall–Kier alpha value is -1.69. The van der Waals surface area contributed by atoms with Gasteiger partial charge in [-0.2, -0.15) is 0 Å². The predicted octanol–water partition coefficient (Wildman–Crippen LogP) is 1.99. The van der Waals surface area contributed by atoms with E-state index in [1.165, 1.54) is 0 Å². The molecule has 0 aliphatic heterocycles. The Kier molecular flexibility index (Phi) is 5.92. The highest BCUT2D eigenvalue weighted by Gasteiger charge is 2.07. The molecule has 0 saturated heterocycles. The van der Waals surface area contributed by atoms with Crippen molar-refractivity contribution in [1.29, 1.82) is 0 Å². The molecule has 2 aromatic rings. The zero-order valence-electron chi connectivity index (χ0n) is 12.8. The number of fused-ring (bicyclic) bond motifs is 1. The maximum Gasteiger partial charge on any atom is 0.145 e. The maximum absolute atomic E-state index is 5.36. The number of ether oxygens (including phenoxy) is 3.